The van der Waals surface area contributed by atoms with Crippen LogP contribution in [0.2, 0.25) is 0 Å². The van der Waals surface area contributed by atoms with Crippen LogP contribution in [0.25, 0.3) is 0 Å². The maximum atomic E-state index is 11.6. The first-order valence-electron chi connectivity index (χ1n) is 6.82. The molecular formula is C16H17BrN2O2. The Morgan fingerprint density at radius 1 is 1.29 bits per heavy atom. The van der Waals surface area contributed by atoms with Gasteiger partial charge in [0.1, 0.15) is 5.82 Å². The minimum Gasteiger partial charge on any atom is -0.462 e. The Morgan fingerprint density at radius 3 is 2.71 bits per heavy atom. The van der Waals surface area contributed by atoms with E-state index in [9.17, 15) is 4.79 Å². The van der Waals surface area contributed by atoms with Crippen LogP contribution in [-0.4, -0.2) is 17.6 Å². The number of carbonyl (C=O) groups excluding carboxylic acids is 1. The fourth-order valence-corrected chi connectivity index (χ4v) is 2.33. The number of anilines is 2. The Kier molecular flexibility index (Phi) is 5.33. The smallest absolute Gasteiger partial charge is 0.339 e. The molecule has 4 nitrogen and oxygen atoms in total. The van der Waals surface area contributed by atoms with Gasteiger partial charge in [0.2, 0.25) is 0 Å². The number of nitrogens with one attached hydrogen (secondary N) is 1. The molecule has 0 saturated carbocycles. The van der Waals surface area contributed by atoms with Gasteiger partial charge >= 0.3 is 5.97 Å². The van der Waals surface area contributed by atoms with Crippen LogP contribution in [0.4, 0.5) is 11.5 Å². The van der Waals surface area contributed by atoms with Gasteiger partial charge in [-0.25, -0.2) is 9.78 Å². The molecule has 110 valence electrons. The molecule has 0 aliphatic heterocycles. The molecule has 0 aliphatic carbocycles. The van der Waals surface area contributed by atoms with Crippen molar-refractivity contribution in [2.24, 2.45) is 0 Å². The normalized spacial score (nSPS) is 10.2. The highest BCUT2D eigenvalue weighted by Gasteiger charge is 2.07. The molecule has 0 aliphatic rings. The van der Waals surface area contributed by atoms with Gasteiger partial charge in [-0.15, -0.1) is 0 Å². The minimum absolute atomic E-state index is 0.352. The predicted octanol–water partition coefficient (Wildman–Crippen LogP) is 4.33. The maximum Gasteiger partial charge on any atom is 0.339 e. The van der Waals surface area contributed by atoms with Crippen LogP contribution in [0.5, 0.6) is 0 Å². The van der Waals surface area contributed by atoms with Crippen molar-refractivity contribution >= 4 is 33.4 Å². The zero-order valence-corrected chi connectivity index (χ0v) is 13.6. The van der Waals surface area contributed by atoms with Gasteiger partial charge in [0, 0.05) is 16.4 Å². The third-order valence-electron chi connectivity index (χ3n) is 2.99. The summed E-state index contributed by atoms with van der Waals surface area (Å²) >= 11 is 3.47. The highest BCUT2D eigenvalue weighted by Crippen LogP contribution is 2.24. The van der Waals surface area contributed by atoms with Crippen molar-refractivity contribution in [1.29, 1.82) is 0 Å². The van der Waals surface area contributed by atoms with Crippen molar-refractivity contribution in [3.8, 4) is 0 Å². The fraction of sp³-hybridized carbons (Fsp3) is 0.250. The Balaban J connectivity index is 2.15. The molecule has 0 bridgehead atoms. The van der Waals surface area contributed by atoms with Gasteiger partial charge in [-0.1, -0.05) is 22.9 Å². The van der Waals surface area contributed by atoms with E-state index in [1.165, 1.54) is 11.8 Å². The summed E-state index contributed by atoms with van der Waals surface area (Å²) in [6, 6.07) is 9.54. The van der Waals surface area contributed by atoms with Crippen molar-refractivity contribution in [2.75, 3.05) is 11.9 Å². The molecule has 0 amide bonds. The standard InChI is InChI=1S/C16H17BrN2O2/c1-3-11-9-13(17)6-7-14(11)19-15-8-5-12(10-18-15)16(20)21-4-2/h5-10H,3-4H2,1-2H3,(H,18,19). The monoisotopic (exact) mass is 348 g/mol. The van der Waals surface area contributed by atoms with Gasteiger partial charge in [-0.05, 0) is 49.2 Å². The quantitative estimate of drug-likeness (QED) is 0.817. The van der Waals surface area contributed by atoms with E-state index in [-0.39, 0.29) is 5.97 Å². The summed E-state index contributed by atoms with van der Waals surface area (Å²) < 4.78 is 5.98. The van der Waals surface area contributed by atoms with Gasteiger partial charge in [0.05, 0.1) is 12.2 Å². The summed E-state index contributed by atoms with van der Waals surface area (Å²) in [4.78, 5) is 15.8. The lowest BCUT2D eigenvalue weighted by atomic mass is 10.1. The summed E-state index contributed by atoms with van der Waals surface area (Å²) in [6.45, 7) is 4.24. The number of hydrogen-bond acceptors (Lipinski definition) is 4. The maximum absolute atomic E-state index is 11.6. The van der Waals surface area contributed by atoms with Crippen molar-refractivity contribution in [2.45, 2.75) is 20.3 Å². The molecular weight excluding hydrogens is 332 g/mol. The third-order valence-corrected chi connectivity index (χ3v) is 3.48. The molecule has 21 heavy (non-hydrogen) atoms. The molecule has 5 heteroatoms. The van der Waals surface area contributed by atoms with Crippen LogP contribution in [0.1, 0.15) is 29.8 Å². The zero-order chi connectivity index (χ0) is 15.2. The van der Waals surface area contributed by atoms with Gasteiger partial charge in [-0.3, -0.25) is 0 Å². The van der Waals surface area contributed by atoms with E-state index in [1.54, 1.807) is 19.1 Å². The van der Waals surface area contributed by atoms with E-state index in [0.29, 0.717) is 18.0 Å². The van der Waals surface area contributed by atoms with E-state index in [2.05, 4.69) is 39.2 Å². The SMILES string of the molecule is CCOC(=O)c1ccc(Nc2ccc(Br)cc2CC)nc1. The predicted molar refractivity (Wildman–Crippen MR) is 87.0 cm³/mol. The van der Waals surface area contributed by atoms with Crippen LogP contribution < -0.4 is 5.32 Å². The number of hydrogen-bond donors (Lipinski definition) is 1. The van der Waals surface area contributed by atoms with Gasteiger partial charge in [-0.2, -0.15) is 0 Å². The first-order valence-corrected chi connectivity index (χ1v) is 7.62. The molecule has 0 spiro atoms. The van der Waals surface area contributed by atoms with E-state index in [1.807, 2.05) is 12.1 Å². The summed E-state index contributed by atoms with van der Waals surface area (Å²) in [7, 11) is 0. The van der Waals surface area contributed by atoms with E-state index in [0.717, 1.165) is 16.6 Å². The average Bonchev–Trinajstić information content (AvgIpc) is 2.50. The third kappa shape index (κ3) is 4.04. The molecule has 0 fully saturated rings. The Bertz CT molecular complexity index is 627. The number of nitrogens with zero attached hydrogens (tertiary/aromatic N) is 1. The lowest BCUT2D eigenvalue weighted by Gasteiger charge is -2.11. The Labute approximate surface area is 132 Å². The molecule has 0 saturated heterocycles. The number of carbonyl (C=O) groups is 1. The van der Waals surface area contributed by atoms with Crippen molar-refractivity contribution in [3.63, 3.8) is 0 Å². The number of aromatic nitrogens is 1. The van der Waals surface area contributed by atoms with Gasteiger partial charge in [0.15, 0.2) is 0 Å². The highest BCUT2D eigenvalue weighted by molar-refractivity contribution is 9.10. The molecule has 1 heterocycles. The first kappa shape index (κ1) is 15.5. The molecule has 0 radical (unpaired) electrons. The molecule has 0 atom stereocenters. The lowest BCUT2D eigenvalue weighted by Crippen LogP contribution is -2.05. The second-order valence-corrected chi connectivity index (χ2v) is 5.35. The molecule has 1 aromatic carbocycles. The summed E-state index contributed by atoms with van der Waals surface area (Å²) in [5.74, 6) is 0.342. The lowest BCUT2D eigenvalue weighted by molar-refractivity contribution is 0.0526. The number of aryl methyl sites for hydroxylation is 1. The van der Waals surface area contributed by atoms with Crippen molar-refractivity contribution in [1.82, 2.24) is 4.98 Å². The van der Waals surface area contributed by atoms with Crippen molar-refractivity contribution in [3.05, 3.63) is 52.1 Å². The second-order valence-electron chi connectivity index (χ2n) is 4.43. The number of rotatable bonds is 5. The average molecular weight is 349 g/mol. The van der Waals surface area contributed by atoms with E-state index >= 15 is 0 Å². The van der Waals surface area contributed by atoms with Gasteiger partial charge in [0.25, 0.3) is 0 Å². The number of halogens is 1. The molecule has 1 N–H and O–H groups in total. The number of ether oxygens (including phenoxy) is 1. The minimum atomic E-state index is -0.352. The number of esters is 1. The Hall–Kier alpha value is -1.88. The van der Waals surface area contributed by atoms with E-state index < -0.39 is 0 Å². The summed E-state index contributed by atoms with van der Waals surface area (Å²) in [5, 5.41) is 3.26. The first-order chi connectivity index (χ1) is 10.1. The topological polar surface area (TPSA) is 51.2 Å². The van der Waals surface area contributed by atoms with Crippen LogP contribution in [0.15, 0.2) is 41.0 Å². The van der Waals surface area contributed by atoms with Crippen LogP contribution in [-0.2, 0) is 11.2 Å². The second kappa shape index (κ2) is 7.22. The molecule has 2 rings (SSSR count). The van der Waals surface area contributed by atoms with E-state index in [4.69, 9.17) is 4.74 Å². The van der Waals surface area contributed by atoms with Crippen LogP contribution in [0, 0.1) is 0 Å². The molecule has 2 aromatic rings. The summed E-state index contributed by atoms with van der Waals surface area (Å²) in [5.41, 5.74) is 2.66. The largest absolute Gasteiger partial charge is 0.462 e. The zero-order valence-electron chi connectivity index (χ0n) is 12.0. The number of benzene rings is 1. The Morgan fingerprint density at radius 2 is 2.10 bits per heavy atom. The number of pyridine rings is 1. The van der Waals surface area contributed by atoms with Crippen molar-refractivity contribution < 1.29 is 9.53 Å². The van der Waals surface area contributed by atoms with Crippen LogP contribution in [0.3, 0.4) is 0 Å². The van der Waals surface area contributed by atoms with Crippen LogP contribution >= 0.6 is 15.9 Å². The van der Waals surface area contributed by atoms with Gasteiger partial charge < -0.3 is 10.1 Å². The summed E-state index contributed by atoms with van der Waals surface area (Å²) in [6.07, 6.45) is 2.44. The molecule has 1 aromatic heterocycles. The fourth-order valence-electron chi connectivity index (χ4n) is 1.92. The highest BCUT2D eigenvalue weighted by atomic mass is 79.9. The molecule has 0 unspecified atom stereocenters.